The monoisotopic (exact) mass is 349 g/mol. The highest BCUT2D eigenvalue weighted by Crippen LogP contribution is 2.28. The first-order chi connectivity index (χ1) is 11.5. The summed E-state index contributed by atoms with van der Waals surface area (Å²) in [5.74, 6) is -0.847. The molecule has 0 aliphatic carbocycles. The smallest absolute Gasteiger partial charge is 0.228 e. The Balaban J connectivity index is 1.62. The summed E-state index contributed by atoms with van der Waals surface area (Å²) in [6.07, 6.45) is 1.42. The van der Waals surface area contributed by atoms with Crippen molar-refractivity contribution < 1.29 is 14.4 Å². The molecule has 1 atom stereocenters. The van der Waals surface area contributed by atoms with Gasteiger partial charge < -0.3 is 15.5 Å². The SMILES string of the molecule is NC(=O)C1CCN(C(=O)[C@H]2CC(=O)N(c3ccc(Cl)cc3)C2)CC1. The van der Waals surface area contributed by atoms with Crippen LogP contribution in [0.25, 0.3) is 0 Å². The number of hydrogen-bond acceptors (Lipinski definition) is 3. The van der Waals surface area contributed by atoms with Gasteiger partial charge in [-0.15, -0.1) is 0 Å². The number of nitrogens with zero attached hydrogens (tertiary/aromatic N) is 2. The topological polar surface area (TPSA) is 83.7 Å². The van der Waals surface area contributed by atoms with Crippen molar-refractivity contribution in [1.29, 1.82) is 0 Å². The largest absolute Gasteiger partial charge is 0.369 e. The second-order valence-electron chi connectivity index (χ2n) is 6.38. The van der Waals surface area contributed by atoms with E-state index >= 15 is 0 Å². The summed E-state index contributed by atoms with van der Waals surface area (Å²) in [5.41, 5.74) is 6.08. The number of rotatable bonds is 3. The quantitative estimate of drug-likeness (QED) is 0.895. The van der Waals surface area contributed by atoms with Gasteiger partial charge >= 0.3 is 0 Å². The van der Waals surface area contributed by atoms with Crippen LogP contribution >= 0.6 is 11.6 Å². The van der Waals surface area contributed by atoms with E-state index in [0.717, 1.165) is 5.69 Å². The first-order valence-electron chi connectivity index (χ1n) is 8.09. The Kier molecular flexibility index (Phi) is 4.76. The summed E-state index contributed by atoms with van der Waals surface area (Å²) in [6, 6.07) is 7.03. The van der Waals surface area contributed by atoms with E-state index in [0.29, 0.717) is 37.5 Å². The molecule has 0 aromatic heterocycles. The van der Waals surface area contributed by atoms with Crippen molar-refractivity contribution in [3.63, 3.8) is 0 Å². The lowest BCUT2D eigenvalue weighted by Crippen LogP contribution is -2.44. The third-order valence-electron chi connectivity index (χ3n) is 4.82. The predicted molar refractivity (Wildman–Crippen MR) is 90.4 cm³/mol. The normalized spacial score (nSPS) is 22.0. The molecule has 0 bridgehead atoms. The molecule has 0 unspecified atom stereocenters. The Hall–Kier alpha value is -2.08. The minimum absolute atomic E-state index is 0.0114. The fraction of sp³-hybridized carbons (Fsp3) is 0.471. The van der Waals surface area contributed by atoms with E-state index in [2.05, 4.69) is 0 Å². The van der Waals surface area contributed by atoms with Crippen molar-refractivity contribution in [2.75, 3.05) is 24.5 Å². The van der Waals surface area contributed by atoms with E-state index in [1.807, 2.05) is 0 Å². The predicted octanol–water partition coefficient (Wildman–Crippen LogP) is 1.42. The van der Waals surface area contributed by atoms with Gasteiger partial charge in [0.1, 0.15) is 0 Å². The van der Waals surface area contributed by atoms with E-state index in [9.17, 15) is 14.4 Å². The van der Waals surface area contributed by atoms with Gasteiger partial charge in [0.2, 0.25) is 17.7 Å². The molecule has 2 fully saturated rings. The summed E-state index contributed by atoms with van der Waals surface area (Å²) < 4.78 is 0. The highest BCUT2D eigenvalue weighted by atomic mass is 35.5. The van der Waals surface area contributed by atoms with Gasteiger partial charge in [0.05, 0.1) is 5.92 Å². The minimum Gasteiger partial charge on any atom is -0.369 e. The van der Waals surface area contributed by atoms with Crippen molar-refractivity contribution in [3.8, 4) is 0 Å². The number of anilines is 1. The molecule has 1 aromatic carbocycles. The van der Waals surface area contributed by atoms with Crippen molar-refractivity contribution in [3.05, 3.63) is 29.3 Å². The fourth-order valence-corrected chi connectivity index (χ4v) is 3.51. The number of nitrogens with two attached hydrogens (primary N) is 1. The zero-order chi connectivity index (χ0) is 17.3. The number of piperidine rings is 1. The van der Waals surface area contributed by atoms with Crippen LogP contribution in [0.3, 0.4) is 0 Å². The highest BCUT2D eigenvalue weighted by molar-refractivity contribution is 6.30. The Bertz CT molecular complexity index is 654. The Morgan fingerprint density at radius 2 is 1.71 bits per heavy atom. The van der Waals surface area contributed by atoms with Crippen LogP contribution in [-0.4, -0.2) is 42.3 Å². The molecular weight excluding hydrogens is 330 g/mol. The van der Waals surface area contributed by atoms with Gasteiger partial charge in [-0.2, -0.15) is 0 Å². The maximum Gasteiger partial charge on any atom is 0.228 e. The van der Waals surface area contributed by atoms with E-state index < -0.39 is 0 Å². The van der Waals surface area contributed by atoms with Crippen molar-refractivity contribution in [2.45, 2.75) is 19.3 Å². The highest BCUT2D eigenvalue weighted by Gasteiger charge is 2.38. The van der Waals surface area contributed by atoms with E-state index in [1.54, 1.807) is 34.1 Å². The Morgan fingerprint density at radius 3 is 2.29 bits per heavy atom. The molecule has 128 valence electrons. The Labute approximate surface area is 145 Å². The fourth-order valence-electron chi connectivity index (χ4n) is 3.39. The maximum absolute atomic E-state index is 12.7. The van der Waals surface area contributed by atoms with Crippen LogP contribution < -0.4 is 10.6 Å². The van der Waals surface area contributed by atoms with Gasteiger partial charge in [0.15, 0.2) is 0 Å². The van der Waals surface area contributed by atoms with Gasteiger partial charge in [0, 0.05) is 42.7 Å². The summed E-state index contributed by atoms with van der Waals surface area (Å²) in [6.45, 7) is 1.44. The molecule has 0 spiro atoms. The number of halogens is 1. The third-order valence-corrected chi connectivity index (χ3v) is 5.07. The number of primary amides is 1. The molecule has 2 aliphatic rings. The first-order valence-corrected chi connectivity index (χ1v) is 8.47. The molecule has 2 N–H and O–H groups in total. The number of amides is 3. The molecule has 2 saturated heterocycles. The number of likely N-dealkylation sites (tertiary alicyclic amines) is 1. The van der Waals surface area contributed by atoms with Crippen LogP contribution in [-0.2, 0) is 14.4 Å². The lowest BCUT2D eigenvalue weighted by molar-refractivity contribution is -0.138. The number of benzene rings is 1. The summed E-state index contributed by atoms with van der Waals surface area (Å²) >= 11 is 5.87. The second-order valence-corrected chi connectivity index (χ2v) is 6.82. The zero-order valence-corrected chi connectivity index (χ0v) is 14.0. The van der Waals surface area contributed by atoms with Gasteiger partial charge in [-0.05, 0) is 37.1 Å². The van der Waals surface area contributed by atoms with E-state index in [-0.39, 0.29) is 36.0 Å². The molecule has 3 rings (SSSR count). The first kappa shape index (κ1) is 16.8. The van der Waals surface area contributed by atoms with Crippen LogP contribution in [0.1, 0.15) is 19.3 Å². The molecular formula is C17H20ClN3O3. The van der Waals surface area contributed by atoms with Crippen LogP contribution in [0.4, 0.5) is 5.69 Å². The van der Waals surface area contributed by atoms with Crippen LogP contribution in [0.5, 0.6) is 0 Å². The Morgan fingerprint density at radius 1 is 1.08 bits per heavy atom. The van der Waals surface area contributed by atoms with Gasteiger partial charge in [-0.1, -0.05) is 11.6 Å². The molecule has 1 aromatic rings. The number of carbonyl (C=O) groups excluding carboxylic acids is 3. The van der Waals surface area contributed by atoms with Crippen molar-refractivity contribution in [1.82, 2.24) is 4.90 Å². The van der Waals surface area contributed by atoms with Crippen molar-refractivity contribution >= 4 is 35.0 Å². The van der Waals surface area contributed by atoms with Gasteiger partial charge in [0.25, 0.3) is 0 Å². The summed E-state index contributed by atoms with van der Waals surface area (Å²) in [4.78, 5) is 39.5. The molecule has 6 nitrogen and oxygen atoms in total. The lowest BCUT2D eigenvalue weighted by atomic mass is 9.95. The maximum atomic E-state index is 12.7. The van der Waals surface area contributed by atoms with Gasteiger partial charge in [-0.25, -0.2) is 0 Å². The summed E-state index contributed by atoms with van der Waals surface area (Å²) in [7, 11) is 0. The zero-order valence-electron chi connectivity index (χ0n) is 13.3. The molecule has 2 heterocycles. The molecule has 0 radical (unpaired) electrons. The second kappa shape index (κ2) is 6.81. The minimum atomic E-state index is -0.335. The van der Waals surface area contributed by atoms with Crippen molar-refractivity contribution in [2.24, 2.45) is 17.6 Å². The standard InChI is InChI=1S/C17H20ClN3O3/c18-13-1-3-14(4-2-13)21-10-12(9-15(21)22)17(24)20-7-5-11(6-8-20)16(19)23/h1-4,11-12H,5-10H2,(H2,19,23)/t12-/m0/s1. The molecule has 3 amide bonds. The van der Waals surface area contributed by atoms with Crippen LogP contribution in [0, 0.1) is 11.8 Å². The lowest BCUT2D eigenvalue weighted by Gasteiger charge is -2.32. The molecule has 2 aliphatic heterocycles. The molecule has 0 saturated carbocycles. The van der Waals surface area contributed by atoms with Crippen LogP contribution in [0.15, 0.2) is 24.3 Å². The number of carbonyl (C=O) groups is 3. The van der Waals surface area contributed by atoms with E-state index in [4.69, 9.17) is 17.3 Å². The molecule has 7 heteroatoms. The third kappa shape index (κ3) is 3.38. The average Bonchev–Trinajstić information content (AvgIpc) is 2.97. The molecule has 24 heavy (non-hydrogen) atoms. The number of hydrogen-bond donors (Lipinski definition) is 1. The average molecular weight is 350 g/mol. The van der Waals surface area contributed by atoms with E-state index in [1.165, 1.54) is 0 Å². The summed E-state index contributed by atoms with van der Waals surface area (Å²) in [5, 5.41) is 0.607. The van der Waals surface area contributed by atoms with Gasteiger partial charge in [-0.3, -0.25) is 14.4 Å². The van der Waals surface area contributed by atoms with Crippen LogP contribution in [0.2, 0.25) is 5.02 Å².